The van der Waals surface area contributed by atoms with E-state index in [0.717, 1.165) is 50.0 Å². The lowest BCUT2D eigenvalue weighted by atomic mass is 9.89. The Morgan fingerprint density at radius 2 is 1.75 bits per heavy atom. The summed E-state index contributed by atoms with van der Waals surface area (Å²) in [5.74, 6) is 0.0629. The van der Waals surface area contributed by atoms with Crippen LogP contribution in [-0.2, 0) is 13.0 Å². The number of nitrogens with zero attached hydrogens (tertiary/aromatic N) is 1. The molecule has 1 aliphatic heterocycles. The van der Waals surface area contributed by atoms with Crippen molar-refractivity contribution in [3.8, 4) is 5.75 Å². The summed E-state index contributed by atoms with van der Waals surface area (Å²) < 4.78 is 0. The van der Waals surface area contributed by atoms with Gasteiger partial charge in [-0.2, -0.15) is 0 Å². The van der Waals surface area contributed by atoms with E-state index in [4.69, 9.17) is 5.11 Å². The van der Waals surface area contributed by atoms with Crippen LogP contribution in [0.25, 0.3) is 0 Å². The lowest BCUT2D eigenvalue weighted by molar-refractivity contribution is 0.0696. The first kappa shape index (κ1) is 16.5. The van der Waals surface area contributed by atoms with Gasteiger partial charge in [-0.15, -0.1) is 0 Å². The molecule has 0 aliphatic carbocycles. The molecule has 2 aromatic carbocycles. The molecule has 4 nitrogen and oxygen atoms in total. The molecular formula is C20H23NO3. The number of aromatic hydroxyl groups is 1. The molecule has 0 amide bonds. The fourth-order valence-corrected chi connectivity index (χ4v) is 3.43. The number of piperidine rings is 1. The number of hydrogen-bond donors (Lipinski definition) is 2. The molecule has 3 rings (SSSR count). The number of hydrogen-bond acceptors (Lipinski definition) is 3. The molecule has 0 atom stereocenters. The largest absolute Gasteiger partial charge is 0.508 e. The molecule has 1 fully saturated rings. The van der Waals surface area contributed by atoms with Crippen molar-refractivity contribution in [2.75, 3.05) is 13.1 Å². The highest BCUT2D eigenvalue weighted by atomic mass is 16.4. The molecule has 2 N–H and O–H groups in total. The highest BCUT2D eigenvalue weighted by Crippen LogP contribution is 2.24. The molecular weight excluding hydrogens is 302 g/mol. The van der Waals surface area contributed by atoms with Gasteiger partial charge in [0.2, 0.25) is 0 Å². The van der Waals surface area contributed by atoms with Crippen molar-refractivity contribution >= 4 is 5.97 Å². The summed E-state index contributed by atoms with van der Waals surface area (Å²) in [5, 5.41) is 18.6. The minimum atomic E-state index is -0.863. The summed E-state index contributed by atoms with van der Waals surface area (Å²) in [6, 6.07) is 14.7. The van der Waals surface area contributed by atoms with Crippen LogP contribution < -0.4 is 0 Å². The van der Waals surface area contributed by atoms with Crippen LogP contribution in [0, 0.1) is 5.92 Å². The van der Waals surface area contributed by atoms with Crippen LogP contribution in [0.4, 0.5) is 0 Å². The van der Waals surface area contributed by atoms with Crippen molar-refractivity contribution in [2.45, 2.75) is 25.8 Å². The molecule has 0 unspecified atom stereocenters. The van der Waals surface area contributed by atoms with Gasteiger partial charge in [0.25, 0.3) is 0 Å². The maximum atomic E-state index is 11.1. The van der Waals surface area contributed by atoms with Gasteiger partial charge < -0.3 is 10.2 Å². The zero-order valence-corrected chi connectivity index (χ0v) is 13.7. The molecule has 2 aromatic rings. The standard InChI is InChI=1S/C20H23NO3/c22-19-6-2-4-17(13-19)14-21-9-7-15(8-10-21)11-16-3-1-5-18(12-16)20(23)24/h1-6,12-13,15,22H,7-11,14H2,(H,23,24). The monoisotopic (exact) mass is 325 g/mol. The van der Waals surface area contributed by atoms with Crippen molar-refractivity contribution in [2.24, 2.45) is 5.92 Å². The Morgan fingerprint density at radius 3 is 2.46 bits per heavy atom. The van der Waals surface area contributed by atoms with Crippen molar-refractivity contribution in [3.05, 3.63) is 65.2 Å². The van der Waals surface area contributed by atoms with E-state index in [1.54, 1.807) is 18.2 Å². The first-order valence-corrected chi connectivity index (χ1v) is 8.42. The summed E-state index contributed by atoms with van der Waals surface area (Å²) in [7, 11) is 0. The normalized spacial score (nSPS) is 16.2. The molecule has 1 heterocycles. The first-order chi connectivity index (χ1) is 11.6. The quantitative estimate of drug-likeness (QED) is 0.882. The van der Waals surface area contributed by atoms with Crippen LogP contribution in [0.3, 0.4) is 0 Å². The number of carboxylic acids is 1. The summed E-state index contributed by atoms with van der Waals surface area (Å²) in [6.45, 7) is 2.95. The van der Waals surface area contributed by atoms with E-state index in [1.807, 2.05) is 30.3 Å². The highest BCUT2D eigenvalue weighted by Gasteiger charge is 2.20. The number of likely N-dealkylation sites (tertiary alicyclic amines) is 1. The van der Waals surface area contributed by atoms with Crippen molar-refractivity contribution < 1.29 is 15.0 Å². The van der Waals surface area contributed by atoms with E-state index in [1.165, 1.54) is 0 Å². The van der Waals surface area contributed by atoms with Crippen LogP contribution in [-0.4, -0.2) is 34.2 Å². The van der Waals surface area contributed by atoms with Crippen LogP contribution >= 0.6 is 0 Å². The Morgan fingerprint density at radius 1 is 1.04 bits per heavy atom. The lowest BCUT2D eigenvalue weighted by Gasteiger charge is -2.32. The zero-order valence-electron chi connectivity index (χ0n) is 13.7. The minimum absolute atomic E-state index is 0.320. The smallest absolute Gasteiger partial charge is 0.335 e. The van der Waals surface area contributed by atoms with E-state index in [0.29, 0.717) is 17.2 Å². The van der Waals surface area contributed by atoms with Gasteiger partial charge in [-0.3, -0.25) is 4.90 Å². The third kappa shape index (κ3) is 4.36. The maximum absolute atomic E-state index is 11.1. The SMILES string of the molecule is O=C(O)c1cccc(CC2CCN(Cc3cccc(O)c3)CC2)c1. The van der Waals surface area contributed by atoms with Crippen LogP contribution in [0.2, 0.25) is 0 Å². The fraction of sp³-hybridized carbons (Fsp3) is 0.350. The average molecular weight is 325 g/mol. The average Bonchev–Trinajstić information content (AvgIpc) is 2.57. The Balaban J connectivity index is 1.52. The minimum Gasteiger partial charge on any atom is -0.508 e. The van der Waals surface area contributed by atoms with E-state index in [9.17, 15) is 9.90 Å². The van der Waals surface area contributed by atoms with Gasteiger partial charge in [-0.05, 0) is 73.7 Å². The molecule has 1 saturated heterocycles. The molecule has 0 spiro atoms. The summed E-state index contributed by atoms with van der Waals surface area (Å²) in [6.07, 6.45) is 3.19. The number of phenols is 1. The molecule has 1 aliphatic rings. The second-order valence-electron chi connectivity index (χ2n) is 6.60. The van der Waals surface area contributed by atoms with Gasteiger partial charge >= 0.3 is 5.97 Å². The van der Waals surface area contributed by atoms with Crippen molar-refractivity contribution in [1.82, 2.24) is 4.90 Å². The summed E-state index contributed by atoms with van der Waals surface area (Å²) >= 11 is 0. The van der Waals surface area contributed by atoms with E-state index < -0.39 is 5.97 Å². The molecule has 24 heavy (non-hydrogen) atoms. The Hall–Kier alpha value is -2.33. The maximum Gasteiger partial charge on any atom is 0.335 e. The van der Waals surface area contributed by atoms with E-state index in [2.05, 4.69) is 4.90 Å². The van der Waals surface area contributed by atoms with Crippen LogP contribution in [0.15, 0.2) is 48.5 Å². The highest BCUT2D eigenvalue weighted by molar-refractivity contribution is 5.87. The first-order valence-electron chi connectivity index (χ1n) is 8.42. The Kier molecular flexibility index (Phi) is 5.16. The van der Waals surface area contributed by atoms with Gasteiger partial charge in [0.05, 0.1) is 5.56 Å². The third-order valence-corrected chi connectivity index (χ3v) is 4.72. The van der Waals surface area contributed by atoms with Crippen LogP contribution in [0.1, 0.15) is 34.3 Å². The molecule has 0 radical (unpaired) electrons. The van der Waals surface area contributed by atoms with Gasteiger partial charge in [0.15, 0.2) is 0 Å². The fourth-order valence-electron chi connectivity index (χ4n) is 3.43. The number of phenolic OH excluding ortho intramolecular Hbond substituents is 1. The number of rotatable bonds is 5. The number of carbonyl (C=O) groups is 1. The van der Waals surface area contributed by atoms with Gasteiger partial charge in [-0.25, -0.2) is 4.79 Å². The van der Waals surface area contributed by atoms with Crippen LogP contribution in [0.5, 0.6) is 5.75 Å². The molecule has 4 heteroatoms. The number of carboxylic acid groups (broad SMARTS) is 1. The molecule has 0 bridgehead atoms. The second-order valence-corrected chi connectivity index (χ2v) is 6.60. The van der Waals surface area contributed by atoms with E-state index in [-0.39, 0.29) is 0 Å². The topological polar surface area (TPSA) is 60.8 Å². The predicted octanol–water partition coefficient (Wildman–Crippen LogP) is 3.55. The molecule has 0 aromatic heterocycles. The molecule has 0 saturated carbocycles. The van der Waals surface area contributed by atoms with Gasteiger partial charge in [-0.1, -0.05) is 24.3 Å². The van der Waals surface area contributed by atoms with Gasteiger partial charge in [0, 0.05) is 6.54 Å². The summed E-state index contributed by atoms with van der Waals surface area (Å²) in [5.41, 5.74) is 2.62. The Labute approximate surface area is 142 Å². The predicted molar refractivity (Wildman–Crippen MR) is 93.2 cm³/mol. The number of aromatic carboxylic acids is 1. The van der Waals surface area contributed by atoms with Crippen molar-refractivity contribution in [3.63, 3.8) is 0 Å². The van der Waals surface area contributed by atoms with E-state index >= 15 is 0 Å². The summed E-state index contributed by atoms with van der Waals surface area (Å²) in [4.78, 5) is 13.5. The Bertz CT molecular complexity index is 706. The molecule has 126 valence electrons. The lowest BCUT2D eigenvalue weighted by Crippen LogP contribution is -2.33. The second kappa shape index (κ2) is 7.49. The number of benzene rings is 2. The third-order valence-electron chi connectivity index (χ3n) is 4.72. The van der Waals surface area contributed by atoms with Crippen molar-refractivity contribution in [1.29, 1.82) is 0 Å². The van der Waals surface area contributed by atoms with Gasteiger partial charge in [0.1, 0.15) is 5.75 Å². The zero-order chi connectivity index (χ0) is 16.9.